The van der Waals surface area contributed by atoms with Crippen molar-refractivity contribution in [2.45, 2.75) is 128 Å². The van der Waals surface area contributed by atoms with Gasteiger partial charge in [-0.1, -0.05) is 33.6 Å². The molecule has 4 N–H and O–H groups in total. The van der Waals surface area contributed by atoms with Crippen LogP contribution in [0, 0.1) is 11.3 Å². The lowest BCUT2D eigenvalue weighted by molar-refractivity contribution is -0.121. The molecule has 1 amide bonds. The highest BCUT2D eigenvalue weighted by Gasteiger charge is 2.36. The SMILES string of the molecule is CC1NC(C(=O)NC(=NC2CCCCC2C(C)(C)C)NC2CCC(N3CCC(O)CC3)CC2)CS1. The maximum absolute atomic E-state index is 13.1. The number of hydrogen-bond acceptors (Lipinski definition) is 6. The van der Waals surface area contributed by atoms with E-state index in [-0.39, 0.29) is 29.5 Å². The number of nitrogens with zero attached hydrogens (tertiary/aromatic N) is 2. The molecule has 2 aliphatic carbocycles. The van der Waals surface area contributed by atoms with Crippen molar-refractivity contribution in [2.24, 2.45) is 16.3 Å². The summed E-state index contributed by atoms with van der Waals surface area (Å²) in [5, 5.41) is 20.5. The molecule has 200 valence electrons. The van der Waals surface area contributed by atoms with Crippen LogP contribution in [0.2, 0.25) is 0 Å². The number of piperidine rings is 1. The Kier molecular flexibility index (Phi) is 9.44. The summed E-state index contributed by atoms with van der Waals surface area (Å²) >= 11 is 1.80. The summed E-state index contributed by atoms with van der Waals surface area (Å²) in [4.78, 5) is 20.9. The average Bonchev–Trinajstić information content (AvgIpc) is 3.26. The van der Waals surface area contributed by atoms with Gasteiger partial charge in [0.15, 0.2) is 5.96 Å². The Morgan fingerprint density at radius 3 is 2.34 bits per heavy atom. The molecule has 2 saturated heterocycles. The highest BCUT2D eigenvalue weighted by atomic mass is 32.2. The molecule has 2 heterocycles. The van der Waals surface area contributed by atoms with E-state index in [9.17, 15) is 9.90 Å². The van der Waals surface area contributed by atoms with Crippen molar-refractivity contribution in [1.29, 1.82) is 0 Å². The van der Waals surface area contributed by atoms with Gasteiger partial charge in [-0.3, -0.25) is 15.4 Å². The van der Waals surface area contributed by atoms with Gasteiger partial charge in [0.25, 0.3) is 0 Å². The van der Waals surface area contributed by atoms with Crippen LogP contribution in [0.25, 0.3) is 0 Å². The Balaban J connectivity index is 1.40. The minimum absolute atomic E-state index is 0.0387. The third-order valence-corrected chi connectivity index (χ3v) is 9.86. The van der Waals surface area contributed by atoms with Gasteiger partial charge in [-0.25, -0.2) is 4.99 Å². The van der Waals surface area contributed by atoms with Gasteiger partial charge in [0.1, 0.15) is 0 Å². The second-order valence-electron chi connectivity index (χ2n) is 12.4. The molecule has 0 aromatic carbocycles. The zero-order valence-electron chi connectivity index (χ0n) is 22.4. The van der Waals surface area contributed by atoms with Crippen LogP contribution < -0.4 is 16.0 Å². The Hall–Kier alpha value is -0.830. The summed E-state index contributed by atoms with van der Waals surface area (Å²) < 4.78 is 0. The molecule has 4 unspecified atom stereocenters. The summed E-state index contributed by atoms with van der Waals surface area (Å²) in [6.45, 7) is 11.2. The lowest BCUT2D eigenvalue weighted by Crippen LogP contribution is -2.54. The van der Waals surface area contributed by atoms with Crippen LogP contribution in [-0.2, 0) is 4.79 Å². The summed E-state index contributed by atoms with van der Waals surface area (Å²) in [6.07, 6.45) is 11.0. The van der Waals surface area contributed by atoms with E-state index in [1.54, 1.807) is 11.8 Å². The highest BCUT2D eigenvalue weighted by Crippen LogP contribution is 2.39. The number of nitrogens with one attached hydrogen (secondary N) is 3. The van der Waals surface area contributed by atoms with E-state index in [1.807, 2.05) is 0 Å². The standard InChI is InChI=1S/C27H49N5O2S/c1-18-28-24(17-35-18)25(34)31-26(30-23-8-6-5-7-22(23)27(2,3)4)29-19-9-11-20(12-10-19)32-15-13-21(33)14-16-32/h18-24,28,33H,5-17H2,1-4H3,(H2,29,30,31,34). The monoisotopic (exact) mass is 507 g/mol. The molecule has 2 saturated carbocycles. The maximum Gasteiger partial charge on any atom is 0.244 e. The van der Waals surface area contributed by atoms with Gasteiger partial charge in [0.2, 0.25) is 5.91 Å². The third-order valence-electron chi connectivity index (χ3n) is 8.70. The van der Waals surface area contributed by atoms with Crippen molar-refractivity contribution in [3.05, 3.63) is 0 Å². The van der Waals surface area contributed by atoms with E-state index >= 15 is 0 Å². The summed E-state index contributed by atoms with van der Waals surface area (Å²) in [6, 6.07) is 1.08. The first-order chi connectivity index (χ1) is 16.7. The van der Waals surface area contributed by atoms with Crippen molar-refractivity contribution in [1.82, 2.24) is 20.9 Å². The van der Waals surface area contributed by atoms with E-state index < -0.39 is 0 Å². The number of aliphatic imine (C=N–C) groups is 1. The number of hydrogen-bond donors (Lipinski definition) is 4. The second kappa shape index (κ2) is 12.1. The molecule has 4 fully saturated rings. The predicted molar refractivity (Wildman–Crippen MR) is 146 cm³/mol. The Labute approximate surface area is 217 Å². The number of carbonyl (C=O) groups is 1. The fourth-order valence-electron chi connectivity index (χ4n) is 6.55. The Bertz CT molecular complexity index is 726. The van der Waals surface area contributed by atoms with Gasteiger partial charge in [-0.15, -0.1) is 11.8 Å². The Morgan fingerprint density at radius 2 is 1.71 bits per heavy atom. The van der Waals surface area contributed by atoms with Crippen molar-refractivity contribution < 1.29 is 9.90 Å². The zero-order chi connectivity index (χ0) is 25.0. The molecule has 4 aliphatic rings. The van der Waals surface area contributed by atoms with Crippen LogP contribution >= 0.6 is 11.8 Å². The van der Waals surface area contributed by atoms with E-state index in [0.29, 0.717) is 29.3 Å². The number of carbonyl (C=O) groups excluding carboxylic acids is 1. The summed E-state index contributed by atoms with van der Waals surface area (Å²) in [7, 11) is 0. The van der Waals surface area contributed by atoms with E-state index in [1.165, 1.54) is 32.1 Å². The second-order valence-corrected chi connectivity index (χ2v) is 13.8. The fourth-order valence-corrected chi connectivity index (χ4v) is 7.54. The van der Waals surface area contributed by atoms with Crippen LogP contribution in [0.1, 0.15) is 91.9 Å². The van der Waals surface area contributed by atoms with Gasteiger partial charge < -0.3 is 15.3 Å². The van der Waals surface area contributed by atoms with Crippen molar-refractivity contribution in [3.8, 4) is 0 Å². The van der Waals surface area contributed by atoms with Crippen LogP contribution in [0.15, 0.2) is 4.99 Å². The molecule has 0 radical (unpaired) electrons. The molecule has 0 spiro atoms. The fraction of sp³-hybridized carbons (Fsp3) is 0.926. The maximum atomic E-state index is 13.1. The number of likely N-dealkylation sites (tertiary alicyclic amines) is 1. The van der Waals surface area contributed by atoms with Crippen molar-refractivity contribution >= 4 is 23.6 Å². The first kappa shape index (κ1) is 27.2. The smallest absolute Gasteiger partial charge is 0.244 e. The van der Waals surface area contributed by atoms with Gasteiger partial charge in [-0.05, 0) is 69.6 Å². The Morgan fingerprint density at radius 1 is 1.03 bits per heavy atom. The molecular formula is C27H49N5O2S. The molecule has 0 aromatic heterocycles. The zero-order valence-corrected chi connectivity index (χ0v) is 23.2. The molecule has 7 nitrogen and oxygen atoms in total. The van der Waals surface area contributed by atoms with E-state index in [2.05, 4.69) is 48.5 Å². The van der Waals surface area contributed by atoms with Crippen LogP contribution in [0.4, 0.5) is 0 Å². The van der Waals surface area contributed by atoms with E-state index in [4.69, 9.17) is 4.99 Å². The van der Waals surface area contributed by atoms with E-state index in [0.717, 1.165) is 50.9 Å². The third kappa shape index (κ3) is 7.59. The molecule has 8 heteroatoms. The number of rotatable bonds is 4. The number of thioether (sulfide) groups is 1. The number of amides is 1. The molecule has 0 bridgehead atoms. The van der Waals surface area contributed by atoms with Gasteiger partial charge in [0.05, 0.1) is 23.6 Å². The number of aliphatic hydroxyl groups is 1. The quantitative estimate of drug-likeness (QED) is 0.344. The summed E-state index contributed by atoms with van der Waals surface area (Å²) in [5.74, 6) is 2.09. The minimum Gasteiger partial charge on any atom is -0.393 e. The van der Waals surface area contributed by atoms with Gasteiger partial charge in [0, 0.05) is 30.9 Å². The minimum atomic E-state index is -0.156. The molecule has 2 aliphatic heterocycles. The average molecular weight is 508 g/mol. The van der Waals surface area contributed by atoms with Crippen LogP contribution in [0.3, 0.4) is 0 Å². The lowest BCUT2D eigenvalue weighted by atomic mass is 9.70. The van der Waals surface area contributed by atoms with Crippen LogP contribution in [-0.4, -0.2) is 76.4 Å². The van der Waals surface area contributed by atoms with Crippen molar-refractivity contribution in [2.75, 3.05) is 18.8 Å². The normalized spacial score (nSPS) is 36.2. The summed E-state index contributed by atoms with van der Waals surface area (Å²) in [5.41, 5.74) is 0.211. The van der Waals surface area contributed by atoms with Crippen LogP contribution in [0.5, 0.6) is 0 Å². The highest BCUT2D eigenvalue weighted by molar-refractivity contribution is 8.00. The first-order valence-electron chi connectivity index (χ1n) is 14.1. The van der Waals surface area contributed by atoms with Crippen molar-refractivity contribution in [3.63, 3.8) is 0 Å². The topological polar surface area (TPSA) is 89.0 Å². The molecular weight excluding hydrogens is 458 g/mol. The van der Waals surface area contributed by atoms with Gasteiger partial charge in [-0.2, -0.15) is 0 Å². The van der Waals surface area contributed by atoms with Gasteiger partial charge >= 0.3 is 0 Å². The predicted octanol–water partition coefficient (Wildman–Crippen LogP) is 3.47. The first-order valence-corrected chi connectivity index (χ1v) is 15.2. The largest absolute Gasteiger partial charge is 0.393 e. The molecule has 0 aromatic rings. The number of guanidine groups is 1. The molecule has 4 atom stereocenters. The molecule has 35 heavy (non-hydrogen) atoms. The lowest BCUT2D eigenvalue weighted by Gasteiger charge is -2.41. The number of aliphatic hydroxyl groups excluding tert-OH is 1. The molecule has 4 rings (SSSR count).